The third-order valence-corrected chi connectivity index (χ3v) is 4.82. The number of nitrogens with zero attached hydrogens (tertiary/aromatic N) is 4. The van der Waals surface area contributed by atoms with Gasteiger partial charge in [0.15, 0.2) is 0 Å². The number of aromatic nitrogens is 3. The number of amides is 2. The molecule has 0 aliphatic carbocycles. The molecule has 1 atom stereocenters. The molecule has 1 aromatic carbocycles. The maximum absolute atomic E-state index is 13.1. The molecule has 3 heterocycles. The van der Waals surface area contributed by atoms with Crippen LogP contribution in [0.2, 0.25) is 0 Å². The molecule has 0 spiro atoms. The van der Waals surface area contributed by atoms with E-state index in [1.54, 1.807) is 4.68 Å². The van der Waals surface area contributed by atoms with Gasteiger partial charge in [-0.05, 0) is 45.2 Å². The molecule has 2 aromatic heterocycles. The van der Waals surface area contributed by atoms with E-state index in [9.17, 15) is 4.79 Å². The van der Waals surface area contributed by atoms with Crippen molar-refractivity contribution in [2.75, 3.05) is 11.9 Å². The zero-order valence-corrected chi connectivity index (χ0v) is 15.6. The molecule has 7 heteroatoms. The summed E-state index contributed by atoms with van der Waals surface area (Å²) in [6, 6.07) is 13.4. The van der Waals surface area contributed by atoms with Gasteiger partial charge in [0, 0.05) is 18.7 Å². The Morgan fingerprint density at radius 2 is 2.00 bits per heavy atom. The van der Waals surface area contributed by atoms with E-state index in [0.29, 0.717) is 12.4 Å². The molecule has 2 amide bonds. The molecule has 1 saturated heterocycles. The van der Waals surface area contributed by atoms with Crippen LogP contribution in [0.15, 0.2) is 47.0 Å². The topological polar surface area (TPSA) is 76.2 Å². The zero-order chi connectivity index (χ0) is 18.8. The van der Waals surface area contributed by atoms with E-state index in [4.69, 9.17) is 4.52 Å². The Kier molecular flexibility index (Phi) is 4.66. The van der Waals surface area contributed by atoms with E-state index < -0.39 is 0 Å². The number of urea groups is 1. The summed E-state index contributed by atoms with van der Waals surface area (Å²) in [6.45, 7) is 4.47. The van der Waals surface area contributed by atoms with Gasteiger partial charge in [-0.2, -0.15) is 5.10 Å². The van der Waals surface area contributed by atoms with Gasteiger partial charge in [-0.1, -0.05) is 23.4 Å². The van der Waals surface area contributed by atoms with Crippen LogP contribution in [-0.2, 0) is 0 Å². The Hall–Kier alpha value is -3.09. The van der Waals surface area contributed by atoms with Gasteiger partial charge >= 0.3 is 6.03 Å². The molecule has 4 rings (SSSR count). The van der Waals surface area contributed by atoms with E-state index in [0.717, 1.165) is 42.1 Å². The predicted molar refractivity (Wildman–Crippen MR) is 102 cm³/mol. The maximum Gasteiger partial charge on any atom is 0.323 e. The maximum atomic E-state index is 13.1. The van der Waals surface area contributed by atoms with Gasteiger partial charge in [0.25, 0.3) is 0 Å². The van der Waals surface area contributed by atoms with Gasteiger partial charge in [-0.25, -0.2) is 9.48 Å². The number of nitrogens with one attached hydrogen (secondary N) is 1. The number of hydrogen-bond donors (Lipinski definition) is 1. The lowest BCUT2D eigenvalue weighted by molar-refractivity contribution is 0.159. The molecule has 1 aliphatic heterocycles. The molecule has 1 aliphatic rings. The largest absolute Gasteiger partial charge is 0.361 e. The van der Waals surface area contributed by atoms with Gasteiger partial charge in [0.1, 0.15) is 17.3 Å². The summed E-state index contributed by atoms with van der Waals surface area (Å²) < 4.78 is 6.98. The standard InChI is InChI=1S/C20H23N5O2/c1-14-12-19(25(22-14)16-8-4-3-5-9-16)21-20(26)24-11-7-6-10-18(24)17-13-15(2)27-23-17/h3-5,8-9,12-13,18H,6-7,10-11H2,1-2H3,(H,21,26)/t18-/m0/s1. The number of benzene rings is 1. The van der Waals surface area contributed by atoms with Crippen LogP contribution in [0.5, 0.6) is 0 Å². The number of piperidine rings is 1. The monoisotopic (exact) mass is 365 g/mol. The van der Waals surface area contributed by atoms with E-state index in [2.05, 4.69) is 15.6 Å². The fourth-order valence-corrected chi connectivity index (χ4v) is 3.56. The highest BCUT2D eigenvalue weighted by Gasteiger charge is 2.30. The number of likely N-dealkylation sites (tertiary alicyclic amines) is 1. The van der Waals surface area contributed by atoms with E-state index >= 15 is 0 Å². The van der Waals surface area contributed by atoms with Crippen molar-refractivity contribution in [1.29, 1.82) is 0 Å². The molecule has 0 radical (unpaired) electrons. The van der Waals surface area contributed by atoms with Crippen LogP contribution in [0.3, 0.4) is 0 Å². The number of carbonyl (C=O) groups excluding carboxylic acids is 1. The van der Waals surface area contributed by atoms with Gasteiger partial charge in [-0.3, -0.25) is 5.32 Å². The van der Waals surface area contributed by atoms with Crippen LogP contribution in [0, 0.1) is 13.8 Å². The van der Waals surface area contributed by atoms with E-state index in [1.165, 1.54) is 0 Å². The number of carbonyl (C=O) groups is 1. The van der Waals surface area contributed by atoms with E-state index in [-0.39, 0.29) is 12.1 Å². The fraction of sp³-hybridized carbons (Fsp3) is 0.350. The Bertz CT molecular complexity index is 931. The number of anilines is 1. The Balaban J connectivity index is 1.58. The molecule has 0 unspecified atom stereocenters. The number of aryl methyl sites for hydroxylation is 2. The molecular weight excluding hydrogens is 342 g/mol. The summed E-state index contributed by atoms with van der Waals surface area (Å²) in [6.07, 6.45) is 2.94. The van der Waals surface area contributed by atoms with Gasteiger partial charge in [0.2, 0.25) is 0 Å². The second kappa shape index (κ2) is 7.26. The van der Waals surface area contributed by atoms with Crippen LogP contribution in [0.1, 0.15) is 42.5 Å². The van der Waals surface area contributed by atoms with Crippen molar-refractivity contribution >= 4 is 11.8 Å². The summed E-state index contributed by atoms with van der Waals surface area (Å²) in [5.41, 5.74) is 2.56. The Morgan fingerprint density at radius 3 is 2.74 bits per heavy atom. The Morgan fingerprint density at radius 1 is 1.19 bits per heavy atom. The first kappa shape index (κ1) is 17.3. The molecule has 0 bridgehead atoms. The first-order chi connectivity index (χ1) is 13.1. The second-order valence-electron chi connectivity index (χ2n) is 6.92. The average molecular weight is 365 g/mol. The van der Waals surface area contributed by atoms with Crippen molar-refractivity contribution in [3.05, 3.63) is 59.6 Å². The van der Waals surface area contributed by atoms with Gasteiger partial charge < -0.3 is 9.42 Å². The smallest absolute Gasteiger partial charge is 0.323 e. The highest BCUT2D eigenvalue weighted by Crippen LogP contribution is 2.31. The summed E-state index contributed by atoms with van der Waals surface area (Å²) in [5.74, 6) is 1.41. The molecule has 140 valence electrons. The van der Waals surface area contributed by atoms with Crippen molar-refractivity contribution in [2.45, 2.75) is 39.2 Å². The van der Waals surface area contributed by atoms with Crippen molar-refractivity contribution < 1.29 is 9.32 Å². The van der Waals surface area contributed by atoms with Crippen LogP contribution in [0.4, 0.5) is 10.6 Å². The summed E-state index contributed by atoms with van der Waals surface area (Å²) in [4.78, 5) is 14.9. The minimum Gasteiger partial charge on any atom is -0.361 e. The molecule has 1 N–H and O–H groups in total. The van der Waals surface area contributed by atoms with Crippen molar-refractivity contribution in [1.82, 2.24) is 19.8 Å². The van der Waals surface area contributed by atoms with Crippen molar-refractivity contribution in [2.24, 2.45) is 0 Å². The third-order valence-electron chi connectivity index (χ3n) is 4.82. The summed E-state index contributed by atoms with van der Waals surface area (Å²) in [7, 11) is 0. The normalized spacial score (nSPS) is 17.1. The van der Waals surface area contributed by atoms with Crippen molar-refractivity contribution in [3.8, 4) is 5.69 Å². The molecule has 0 saturated carbocycles. The molecule has 7 nitrogen and oxygen atoms in total. The lowest BCUT2D eigenvalue weighted by Gasteiger charge is -2.34. The van der Waals surface area contributed by atoms with Crippen LogP contribution >= 0.6 is 0 Å². The first-order valence-corrected chi connectivity index (χ1v) is 9.25. The molecule has 3 aromatic rings. The summed E-state index contributed by atoms with van der Waals surface area (Å²) >= 11 is 0. The van der Waals surface area contributed by atoms with Gasteiger partial charge in [0.05, 0.1) is 17.4 Å². The Labute approximate surface area is 158 Å². The SMILES string of the molecule is Cc1cc(NC(=O)N2CCCC[C@H]2c2cc(C)on2)n(-c2ccccc2)n1. The third kappa shape index (κ3) is 3.58. The molecule has 1 fully saturated rings. The van der Waals surface area contributed by atoms with Gasteiger partial charge in [-0.15, -0.1) is 0 Å². The number of hydrogen-bond acceptors (Lipinski definition) is 4. The minimum absolute atomic E-state index is 0.0645. The van der Waals surface area contributed by atoms with E-state index in [1.807, 2.05) is 61.2 Å². The average Bonchev–Trinajstić information content (AvgIpc) is 3.28. The fourth-order valence-electron chi connectivity index (χ4n) is 3.56. The van der Waals surface area contributed by atoms with Crippen LogP contribution in [-0.4, -0.2) is 32.4 Å². The van der Waals surface area contributed by atoms with Crippen LogP contribution < -0.4 is 5.32 Å². The number of para-hydroxylation sites is 1. The predicted octanol–water partition coefficient (Wildman–Crippen LogP) is 4.24. The quantitative estimate of drug-likeness (QED) is 0.753. The van der Waals surface area contributed by atoms with Crippen LogP contribution in [0.25, 0.3) is 5.69 Å². The molecule has 27 heavy (non-hydrogen) atoms. The molecular formula is C20H23N5O2. The lowest BCUT2D eigenvalue weighted by atomic mass is 9.99. The zero-order valence-electron chi connectivity index (χ0n) is 15.6. The summed E-state index contributed by atoms with van der Waals surface area (Å²) in [5, 5.41) is 11.7. The minimum atomic E-state index is -0.141. The first-order valence-electron chi connectivity index (χ1n) is 9.25. The van der Waals surface area contributed by atoms with Crippen molar-refractivity contribution in [3.63, 3.8) is 0 Å². The number of rotatable bonds is 3. The lowest BCUT2D eigenvalue weighted by Crippen LogP contribution is -2.41. The highest BCUT2D eigenvalue weighted by atomic mass is 16.5. The second-order valence-corrected chi connectivity index (χ2v) is 6.92. The highest BCUT2D eigenvalue weighted by molar-refractivity contribution is 5.89.